The van der Waals surface area contributed by atoms with E-state index in [9.17, 15) is 4.79 Å². The van der Waals surface area contributed by atoms with Gasteiger partial charge in [-0.3, -0.25) is 0 Å². The second kappa shape index (κ2) is 10.9. The van der Waals surface area contributed by atoms with Crippen molar-refractivity contribution >= 4 is 17.4 Å². The summed E-state index contributed by atoms with van der Waals surface area (Å²) in [5.41, 5.74) is 6.67. The number of para-hydroxylation sites is 1. The molecule has 0 saturated carbocycles. The van der Waals surface area contributed by atoms with Gasteiger partial charge in [0, 0.05) is 37.2 Å². The van der Waals surface area contributed by atoms with Gasteiger partial charge in [0.25, 0.3) is 0 Å². The number of nitrogens with one attached hydrogen (secondary N) is 1. The number of carbonyl (C=O) groups is 1. The van der Waals surface area contributed by atoms with Crippen molar-refractivity contribution in [1.29, 1.82) is 0 Å². The predicted molar refractivity (Wildman–Crippen MR) is 162 cm³/mol. The Morgan fingerprint density at radius 1 is 0.976 bits per heavy atom. The van der Waals surface area contributed by atoms with Crippen molar-refractivity contribution in [3.8, 4) is 17.3 Å². The summed E-state index contributed by atoms with van der Waals surface area (Å²) in [6, 6.07) is 29.6. The van der Waals surface area contributed by atoms with E-state index in [1.807, 2.05) is 86.1 Å². The molecular weight excluding hydrogens is 512 g/mol. The van der Waals surface area contributed by atoms with Crippen molar-refractivity contribution in [2.75, 3.05) is 30.9 Å². The highest BCUT2D eigenvalue weighted by Gasteiger charge is 2.36. The standard InChI is InChI=1S/C33H34N6O2/c1-5-41-28-19-15-25(16-20-28)34-33(40)38-22-29-23(2)35-39(27-10-7-6-8-11-27)32(29)37-21-9-12-30(37)31(38)24-13-17-26(18-14-24)36(3)4/h6-21,31H,5,22H2,1-4H3,(H,34,40). The molecule has 0 saturated heterocycles. The van der Waals surface area contributed by atoms with Gasteiger partial charge in [-0.15, -0.1) is 0 Å². The van der Waals surface area contributed by atoms with Gasteiger partial charge in [-0.05, 0) is 80.1 Å². The lowest BCUT2D eigenvalue weighted by Crippen LogP contribution is -2.38. The van der Waals surface area contributed by atoms with Gasteiger partial charge in [0.2, 0.25) is 0 Å². The number of hydrogen-bond donors (Lipinski definition) is 1. The summed E-state index contributed by atoms with van der Waals surface area (Å²) >= 11 is 0. The molecule has 0 spiro atoms. The molecule has 1 aliphatic heterocycles. The molecule has 41 heavy (non-hydrogen) atoms. The van der Waals surface area contributed by atoms with Crippen LogP contribution in [0, 0.1) is 6.92 Å². The van der Waals surface area contributed by atoms with E-state index in [1.54, 1.807) is 0 Å². The van der Waals surface area contributed by atoms with Crippen LogP contribution < -0.4 is 15.0 Å². The molecule has 3 aromatic carbocycles. The van der Waals surface area contributed by atoms with Gasteiger partial charge in [-0.1, -0.05) is 30.3 Å². The molecule has 1 N–H and O–H groups in total. The molecule has 3 heterocycles. The van der Waals surface area contributed by atoms with Gasteiger partial charge in [-0.2, -0.15) is 5.10 Å². The van der Waals surface area contributed by atoms with Crippen LogP contribution in [0.5, 0.6) is 5.75 Å². The first-order valence-electron chi connectivity index (χ1n) is 13.8. The molecular formula is C33H34N6O2. The fraction of sp³-hybridized carbons (Fsp3) is 0.212. The van der Waals surface area contributed by atoms with E-state index in [1.165, 1.54) is 0 Å². The summed E-state index contributed by atoms with van der Waals surface area (Å²) in [4.78, 5) is 18.1. The predicted octanol–water partition coefficient (Wildman–Crippen LogP) is 6.57. The number of nitrogens with zero attached hydrogens (tertiary/aromatic N) is 5. The SMILES string of the molecule is CCOc1ccc(NC(=O)N2Cc3c(C)nn(-c4ccccc4)c3-n3cccc3C2c2ccc(N(C)C)cc2)cc1. The normalized spacial score (nSPS) is 14.1. The minimum absolute atomic E-state index is 0.191. The van der Waals surface area contributed by atoms with Gasteiger partial charge in [0.15, 0.2) is 0 Å². The summed E-state index contributed by atoms with van der Waals surface area (Å²) < 4.78 is 9.74. The Kier molecular flexibility index (Phi) is 6.97. The first-order valence-corrected chi connectivity index (χ1v) is 13.8. The summed E-state index contributed by atoms with van der Waals surface area (Å²) in [7, 11) is 4.05. The first-order chi connectivity index (χ1) is 19.9. The number of ether oxygens (including phenoxy) is 1. The monoisotopic (exact) mass is 546 g/mol. The average Bonchev–Trinajstić information content (AvgIpc) is 3.55. The number of aryl methyl sites for hydroxylation is 1. The molecule has 8 nitrogen and oxygen atoms in total. The number of fused-ring (bicyclic) bond motifs is 3. The van der Waals surface area contributed by atoms with Gasteiger partial charge in [0.05, 0.1) is 36.3 Å². The van der Waals surface area contributed by atoms with E-state index in [2.05, 4.69) is 63.4 Å². The number of amides is 2. The lowest BCUT2D eigenvalue weighted by atomic mass is 10.0. The Hall–Kier alpha value is -4.98. The number of rotatable bonds is 6. The number of carbonyl (C=O) groups excluding carboxylic acids is 1. The third kappa shape index (κ3) is 4.93. The Balaban J connectivity index is 1.47. The van der Waals surface area contributed by atoms with E-state index in [0.717, 1.165) is 45.5 Å². The molecule has 1 atom stereocenters. The number of benzene rings is 3. The third-order valence-electron chi connectivity index (χ3n) is 7.49. The number of urea groups is 1. The molecule has 2 amide bonds. The van der Waals surface area contributed by atoms with E-state index in [-0.39, 0.29) is 12.1 Å². The second-order valence-corrected chi connectivity index (χ2v) is 10.3. The summed E-state index contributed by atoms with van der Waals surface area (Å²) in [5, 5.41) is 8.07. The quantitative estimate of drug-likeness (QED) is 0.262. The van der Waals surface area contributed by atoms with Crippen molar-refractivity contribution in [1.82, 2.24) is 19.2 Å². The summed E-state index contributed by atoms with van der Waals surface area (Å²) in [5.74, 6) is 1.71. The molecule has 0 radical (unpaired) electrons. The molecule has 0 aliphatic carbocycles. The van der Waals surface area contributed by atoms with Crippen LogP contribution in [0.25, 0.3) is 11.5 Å². The van der Waals surface area contributed by atoms with Gasteiger partial charge >= 0.3 is 6.03 Å². The fourth-order valence-corrected chi connectivity index (χ4v) is 5.45. The average molecular weight is 547 g/mol. The van der Waals surface area contributed by atoms with Crippen LogP contribution in [-0.4, -0.2) is 46.0 Å². The van der Waals surface area contributed by atoms with Crippen LogP contribution in [0.4, 0.5) is 16.2 Å². The number of hydrogen-bond acceptors (Lipinski definition) is 4. The highest BCUT2D eigenvalue weighted by molar-refractivity contribution is 5.90. The fourth-order valence-electron chi connectivity index (χ4n) is 5.45. The third-order valence-corrected chi connectivity index (χ3v) is 7.49. The molecule has 0 fully saturated rings. The summed E-state index contributed by atoms with van der Waals surface area (Å²) in [6.45, 7) is 4.94. The topological polar surface area (TPSA) is 67.6 Å². The number of aromatic nitrogens is 3. The summed E-state index contributed by atoms with van der Waals surface area (Å²) in [6.07, 6.45) is 2.06. The maximum Gasteiger partial charge on any atom is 0.322 e. The zero-order chi connectivity index (χ0) is 28.5. The van der Waals surface area contributed by atoms with Gasteiger partial charge in [-0.25, -0.2) is 9.48 Å². The zero-order valence-corrected chi connectivity index (χ0v) is 23.8. The molecule has 0 bridgehead atoms. The molecule has 1 aliphatic rings. The van der Waals surface area contributed by atoms with Crippen LogP contribution in [0.3, 0.4) is 0 Å². The largest absolute Gasteiger partial charge is 0.494 e. The molecule has 208 valence electrons. The van der Waals surface area contributed by atoms with E-state index in [0.29, 0.717) is 18.8 Å². The Morgan fingerprint density at radius 3 is 2.39 bits per heavy atom. The minimum Gasteiger partial charge on any atom is -0.494 e. The Labute approximate surface area is 240 Å². The van der Waals surface area contributed by atoms with Crippen LogP contribution in [0.2, 0.25) is 0 Å². The molecule has 1 unspecified atom stereocenters. The van der Waals surface area contributed by atoms with Crippen molar-refractivity contribution in [3.05, 3.63) is 120 Å². The van der Waals surface area contributed by atoms with Gasteiger partial charge in [0.1, 0.15) is 11.6 Å². The molecule has 2 aromatic heterocycles. The zero-order valence-electron chi connectivity index (χ0n) is 23.8. The van der Waals surface area contributed by atoms with Crippen molar-refractivity contribution in [3.63, 3.8) is 0 Å². The lowest BCUT2D eigenvalue weighted by Gasteiger charge is -2.31. The van der Waals surface area contributed by atoms with Crippen LogP contribution in [0.15, 0.2) is 97.2 Å². The molecule has 5 aromatic rings. The van der Waals surface area contributed by atoms with E-state index < -0.39 is 0 Å². The first kappa shape index (κ1) is 26.3. The molecule has 6 rings (SSSR count). The minimum atomic E-state index is -0.333. The Bertz CT molecular complexity index is 1650. The van der Waals surface area contributed by atoms with E-state index >= 15 is 0 Å². The van der Waals surface area contributed by atoms with Crippen LogP contribution >= 0.6 is 0 Å². The van der Waals surface area contributed by atoms with Crippen molar-refractivity contribution in [2.45, 2.75) is 26.4 Å². The van der Waals surface area contributed by atoms with Crippen molar-refractivity contribution < 1.29 is 9.53 Å². The highest BCUT2D eigenvalue weighted by atomic mass is 16.5. The molecule has 8 heteroatoms. The lowest BCUT2D eigenvalue weighted by molar-refractivity contribution is 0.194. The maximum absolute atomic E-state index is 14.2. The highest BCUT2D eigenvalue weighted by Crippen LogP contribution is 2.39. The van der Waals surface area contributed by atoms with Crippen LogP contribution in [-0.2, 0) is 6.54 Å². The Morgan fingerprint density at radius 2 is 1.71 bits per heavy atom. The smallest absolute Gasteiger partial charge is 0.322 e. The van der Waals surface area contributed by atoms with Gasteiger partial charge < -0.3 is 24.4 Å². The second-order valence-electron chi connectivity index (χ2n) is 10.3. The maximum atomic E-state index is 14.2. The van der Waals surface area contributed by atoms with Crippen LogP contribution in [0.1, 0.15) is 35.5 Å². The van der Waals surface area contributed by atoms with E-state index in [4.69, 9.17) is 9.84 Å². The number of anilines is 2. The van der Waals surface area contributed by atoms with Crippen molar-refractivity contribution in [2.24, 2.45) is 0 Å².